The number of likely N-dealkylation sites (N-methyl/N-ethyl adjacent to an activating group) is 1. The van der Waals surface area contributed by atoms with Gasteiger partial charge in [-0.3, -0.25) is 4.90 Å². The third kappa shape index (κ3) is 1.60. The lowest BCUT2D eigenvalue weighted by Crippen LogP contribution is -2.23. The lowest BCUT2D eigenvalue weighted by Gasteiger charge is -2.19. The molecule has 0 bridgehead atoms. The van der Waals surface area contributed by atoms with E-state index in [0.717, 1.165) is 23.3 Å². The van der Waals surface area contributed by atoms with E-state index >= 15 is 0 Å². The quantitative estimate of drug-likeness (QED) is 0.449. The molecule has 0 N–H and O–H groups in total. The van der Waals surface area contributed by atoms with E-state index in [4.69, 9.17) is 0 Å². The molecule has 1 atom stereocenters. The summed E-state index contributed by atoms with van der Waals surface area (Å²) < 4.78 is 4.58. The Morgan fingerprint density at radius 3 is 2.79 bits per heavy atom. The standard InChI is InChI=1S/C8H11IN4S/c1-5-10-8(14-11-5)13-6(2)12(3)4-7(13)9/h7H,2,4H2,1,3H3. The normalized spacial score (nSPS) is 22.2. The lowest BCUT2D eigenvalue weighted by atomic mass is 10.6. The molecule has 1 fully saturated rings. The van der Waals surface area contributed by atoms with Gasteiger partial charge < -0.3 is 4.90 Å². The fourth-order valence-electron chi connectivity index (χ4n) is 1.37. The molecule has 1 aromatic rings. The number of alkyl halides is 1. The van der Waals surface area contributed by atoms with Gasteiger partial charge in [-0.05, 0) is 6.92 Å². The first-order chi connectivity index (χ1) is 6.59. The van der Waals surface area contributed by atoms with Crippen molar-refractivity contribution in [1.29, 1.82) is 0 Å². The molecule has 0 aromatic carbocycles. The van der Waals surface area contributed by atoms with Crippen molar-refractivity contribution in [2.45, 2.75) is 11.0 Å². The summed E-state index contributed by atoms with van der Waals surface area (Å²) in [6, 6.07) is 0. The van der Waals surface area contributed by atoms with Crippen LogP contribution in [-0.2, 0) is 0 Å². The minimum absolute atomic E-state index is 0.400. The number of aromatic nitrogens is 2. The molecule has 0 spiro atoms. The van der Waals surface area contributed by atoms with Gasteiger partial charge in [-0.25, -0.2) is 4.98 Å². The van der Waals surface area contributed by atoms with Gasteiger partial charge in [-0.15, -0.1) is 0 Å². The Morgan fingerprint density at radius 2 is 2.36 bits per heavy atom. The molecule has 0 amide bonds. The number of nitrogens with zero attached hydrogens (tertiary/aromatic N) is 4. The molecule has 6 heteroatoms. The number of halogens is 1. The molecule has 2 rings (SSSR count). The number of hydrogen-bond acceptors (Lipinski definition) is 5. The predicted molar refractivity (Wildman–Crippen MR) is 66.7 cm³/mol. The molecule has 0 aliphatic carbocycles. The summed E-state index contributed by atoms with van der Waals surface area (Å²) in [7, 11) is 2.04. The first kappa shape index (κ1) is 10.2. The van der Waals surface area contributed by atoms with Gasteiger partial charge in [0.2, 0.25) is 5.13 Å². The monoisotopic (exact) mass is 322 g/mol. The van der Waals surface area contributed by atoms with Crippen LogP contribution in [-0.4, -0.2) is 31.9 Å². The number of anilines is 1. The van der Waals surface area contributed by atoms with Gasteiger partial charge in [0.1, 0.15) is 15.7 Å². The topological polar surface area (TPSA) is 32.3 Å². The average Bonchev–Trinajstić information content (AvgIpc) is 2.60. The van der Waals surface area contributed by atoms with Crippen LogP contribution in [0.1, 0.15) is 5.82 Å². The van der Waals surface area contributed by atoms with E-state index in [0.29, 0.717) is 4.05 Å². The Balaban J connectivity index is 2.30. The summed E-state index contributed by atoms with van der Waals surface area (Å²) in [5.41, 5.74) is 0. The van der Waals surface area contributed by atoms with Crippen molar-refractivity contribution in [3.63, 3.8) is 0 Å². The van der Waals surface area contributed by atoms with Gasteiger partial charge in [0.15, 0.2) is 0 Å². The van der Waals surface area contributed by atoms with Crippen molar-refractivity contribution >= 4 is 39.3 Å². The maximum atomic E-state index is 4.37. The Hall–Kier alpha value is -0.370. The third-order valence-electron chi connectivity index (χ3n) is 2.15. The van der Waals surface area contributed by atoms with Crippen LogP contribution in [0.15, 0.2) is 12.4 Å². The van der Waals surface area contributed by atoms with Crippen molar-refractivity contribution in [2.24, 2.45) is 0 Å². The molecule has 1 aliphatic heterocycles. The first-order valence-electron chi connectivity index (χ1n) is 4.23. The molecular formula is C8H11IN4S. The number of aryl methyl sites for hydroxylation is 1. The van der Waals surface area contributed by atoms with Gasteiger partial charge in [0.05, 0.1) is 0 Å². The van der Waals surface area contributed by atoms with Crippen LogP contribution >= 0.6 is 34.1 Å². The molecule has 1 aromatic heterocycles. The third-order valence-corrected chi connectivity index (χ3v) is 3.90. The molecular weight excluding hydrogens is 311 g/mol. The Labute approximate surface area is 101 Å². The molecule has 2 heterocycles. The van der Waals surface area contributed by atoms with Crippen LogP contribution in [0.25, 0.3) is 0 Å². The smallest absolute Gasteiger partial charge is 0.211 e. The van der Waals surface area contributed by atoms with Crippen LogP contribution in [0.5, 0.6) is 0 Å². The highest BCUT2D eigenvalue weighted by atomic mass is 127. The molecule has 1 unspecified atom stereocenters. The summed E-state index contributed by atoms with van der Waals surface area (Å²) in [5.74, 6) is 1.83. The zero-order valence-corrected chi connectivity index (χ0v) is 11.0. The first-order valence-corrected chi connectivity index (χ1v) is 6.25. The van der Waals surface area contributed by atoms with Gasteiger partial charge in [-0.2, -0.15) is 4.37 Å². The molecule has 0 saturated carbocycles. The summed E-state index contributed by atoms with van der Waals surface area (Å²) >= 11 is 3.83. The molecule has 0 radical (unpaired) electrons. The van der Waals surface area contributed by atoms with Crippen molar-refractivity contribution in [1.82, 2.24) is 14.3 Å². The van der Waals surface area contributed by atoms with Gasteiger partial charge in [-0.1, -0.05) is 29.2 Å². The van der Waals surface area contributed by atoms with Crippen LogP contribution < -0.4 is 4.90 Å². The Kier molecular flexibility index (Phi) is 2.65. The summed E-state index contributed by atoms with van der Waals surface area (Å²) in [4.78, 5) is 8.63. The molecule has 4 nitrogen and oxygen atoms in total. The average molecular weight is 322 g/mol. The molecule has 1 saturated heterocycles. The van der Waals surface area contributed by atoms with Crippen molar-refractivity contribution < 1.29 is 0 Å². The van der Waals surface area contributed by atoms with E-state index < -0.39 is 0 Å². The zero-order valence-electron chi connectivity index (χ0n) is 8.07. The summed E-state index contributed by atoms with van der Waals surface area (Å²) in [6.07, 6.45) is 0. The lowest BCUT2D eigenvalue weighted by molar-refractivity contribution is 0.487. The highest BCUT2D eigenvalue weighted by Crippen LogP contribution is 2.32. The fraction of sp³-hybridized carbons (Fsp3) is 0.500. The predicted octanol–water partition coefficient (Wildman–Crippen LogP) is 1.83. The van der Waals surface area contributed by atoms with E-state index in [1.807, 2.05) is 14.0 Å². The maximum absolute atomic E-state index is 4.37. The molecule has 1 aliphatic rings. The van der Waals surface area contributed by atoms with E-state index in [1.165, 1.54) is 11.5 Å². The van der Waals surface area contributed by atoms with Crippen molar-refractivity contribution in [2.75, 3.05) is 18.5 Å². The SMILES string of the molecule is C=C1N(C)CC(I)N1c1nc(C)ns1. The van der Waals surface area contributed by atoms with Crippen molar-refractivity contribution in [3.8, 4) is 0 Å². The van der Waals surface area contributed by atoms with Crippen LogP contribution in [0.4, 0.5) is 5.13 Å². The highest BCUT2D eigenvalue weighted by molar-refractivity contribution is 14.1. The number of rotatable bonds is 1. The van der Waals surface area contributed by atoms with Crippen LogP contribution in [0.3, 0.4) is 0 Å². The van der Waals surface area contributed by atoms with E-state index in [-0.39, 0.29) is 0 Å². The Bertz CT molecular complexity index is 364. The second kappa shape index (κ2) is 3.65. The summed E-state index contributed by atoms with van der Waals surface area (Å²) in [6.45, 7) is 6.93. The van der Waals surface area contributed by atoms with Gasteiger partial charge >= 0.3 is 0 Å². The van der Waals surface area contributed by atoms with Crippen molar-refractivity contribution in [3.05, 3.63) is 18.2 Å². The van der Waals surface area contributed by atoms with Crippen LogP contribution in [0, 0.1) is 6.92 Å². The van der Waals surface area contributed by atoms with Crippen LogP contribution in [0.2, 0.25) is 0 Å². The zero-order chi connectivity index (χ0) is 10.3. The second-order valence-electron chi connectivity index (χ2n) is 3.23. The van der Waals surface area contributed by atoms with E-state index in [1.54, 1.807) is 0 Å². The van der Waals surface area contributed by atoms with Gasteiger partial charge in [0, 0.05) is 25.1 Å². The number of hydrogen-bond donors (Lipinski definition) is 0. The Morgan fingerprint density at radius 1 is 1.64 bits per heavy atom. The highest BCUT2D eigenvalue weighted by Gasteiger charge is 2.31. The van der Waals surface area contributed by atoms with E-state index in [9.17, 15) is 0 Å². The van der Waals surface area contributed by atoms with Gasteiger partial charge in [0.25, 0.3) is 0 Å². The molecule has 76 valence electrons. The largest absolute Gasteiger partial charge is 0.359 e. The van der Waals surface area contributed by atoms with E-state index in [2.05, 4.69) is 48.3 Å². The molecule has 14 heavy (non-hydrogen) atoms. The minimum atomic E-state index is 0.400. The summed E-state index contributed by atoms with van der Waals surface area (Å²) in [5, 5.41) is 0.941. The fourth-order valence-corrected chi connectivity index (χ4v) is 3.49. The maximum Gasteiger partial charge on any atom is 0.211 e. The minimum Gasteiger partial charge on any atom is -0.359 e. The second-order valence-corrected chi connectivity index (χ2v) is 5.39.